The van der Waals surface area contributed by atoms with Crippen molar-refractivity contribution in [3.8, 4) is 5.75 Å². The number of aromatic hydroxyl groups is 1. The molecule has 3 nitrogen and oxygen atoms in total. The molecule has 0 amide bonds. The summed E-state index contributed by atoms with van der Waals surface area (Å²) in [7, 11) is 0. The van der Waals surface area contributed by atoms with Crippen molar-refractivity contribution in [2.24, 2.45) is 0 Å². The van der Waals surface area contributed by atoms with Crippen LogP contribution < -0.4 is 0 Å². The average molecular weight is 360 g/mol. The van der Waals surface area contributed by atoms with Gasteiger partial charge in [0.05, 0.1) is 11.3 Å². The monoisotopic (exact) mass is 359 g/mol. The van der Waals surface area contributed by atoms with Crippen LogP contribution in [-0.4, -0.2) is 39.0 Å². The number of carbonyl (C=O) groups is 1. The summed E-state index contributed by atoms with van der Waals surface area (Å²) in [6.07, 6.45) is 2.34. The molecule has 19 heavy (non-hydrogen) atoms. The highest BCUT2D eigenvalue weighted by molar-refractivity contribution is 9.10. The molecule has 0 saturated carbocycles. The van der Waals surface area contributed by atoms with E-state index in [1.807, 2.05) is 0 Å². The van der Waals surface area contributed by atoms with E-state index in [0.717, 1.165) is 21.9 Å². The van der Waals surface area contributed by atoms with Crippen LogP contribution in [0.4, 0.5) is 0 Å². The lowest BCUT2D eigenvalue weighted by atomic mass is 10.1. The molecule has 102 valence electrons. The van der Waals surface area contributed by atoms with Gasteiger partial charge < -0.3 is 10.0 Å². The normalized spacial score (nSPS) is 14.7. The number of thioether (sulfide) groups is 1. The Balaban J connectivity index is 1.93. The van der Waals surface area contributed by atoms with Gasteiger partial charge in [0.25, 0.3) is 0 Å². The first-order chi connectivity index (χ1) is 9.08. The lowest BCUT2D eigenvalue weighted by Crippen LogP contribution is -2.24. The van der Waals surface area contributed by atoms with E-state index < -0.39 is 0 Å². The Kier molecular flexibility index (Phi) is 5.24. The number of nitrogens with zero attached hydrogens (tertiary/aromatic N) is 1. The van der Waals surface area contributed by atoms with Gasteiger partial charge in [-0.1, -0.05) is 39.9 Å². The molecular formula is C13H14BrNO2S2. The molecule has 0 radical (unpaired) electrons. The van der Waals surface area contributed by atoms with Crippen LogP contribution in [0.1, 0.15) is 23.2 Å². The molecule has 0 aromatic heterocycles. The maximum Gasteiger partial charge on any atom is 0.176 e. The summed E-state index contributed by atoms with van der Waals surface area (Å²) >= 11 is 9.97. The van der Waals surface area contributed by atoms with Crippen molar-refractivity contribution in [1.82, 2.24) is 4.90 Å². The van der Waals surface area contributed by atoms with Gasteiger partial charge in [0, 0.05) is 17.6 Å². The third-order valence-corrected chi connectivity index (χ3v) is 4.97. The SMILES string of the molecule is O=C(CSC(=S)N1CCCC1)c1cc(Br)ccc1O. The quantitative estimate of drug-likeness (QED) is 0.661. The van der Waals surface area contributed by atoms with E-state index in [-0.39, 0.29) is 17.3 Å². The number of hydrogen-bond donors (Lipinski definition) is 1. The largest absolute Gasteiger partial charge is 0.507 e. The summed E-state index contributed by atoms with van der Waals surface area (Å²) in [5.41, 5.74) is 0.339. The molecule has 1 aromatic carbocycles. The molecule has 0 atom stereocenters. The number of halogens is 1. The van der Waals surface area contributed by atoms with Gasteiger partial charge in [-0.25, -0.2) is 0 Å². The van der Waals surface area contributed by atoms with Crippen LogP contribution in [0.25, 0.3) is 0 Å². The van der Waals surface area contributed by atoms with E-state index in [2.05, 4.69) is 20.8 Å². The molecule has 1 aromatic rings. The average Bonchev–Trinajstić information content (AvgIpc) is 2.92. The smallest absolute Gasteiger partial charge is 0.176 e. The minimum absolute atomic E-state index is 0.0147. The number of rotatable bonds is 3. The van der Waals surface area contributed by atoms with E-state index >= 15 is 0 Å². The summed E-state index contributed by atoms with van der Waals surface area (Å²) in [6, 6.07) is 4.85. The highest BCUT2D eigenvalue weighted by Crippen LogP contribution is 2.24. The zero-order valence-electron chi connectivity index (χ0n) is 10.3. The first kappa shape index (κ1) is 14.8. The van der Waals surface area contributed by atoms with Gasteiger partial charge in [-0.2, -0.15) is 0 Å². The maximum absolute atomic E-state index is 12.1. The van der Waals surface area contributed by atoms with Crippen molar-refractivity contribution < 1.29 is 9.90 Å². The van der Waals surface area contributed by atoms with Crippen molar-refractivity contribution in [1.29, 1.82) is 0 Å². The summed E-state index contributed by atoms with van der Waals surface area (Å²) in [5.74, 6) is 0.172. The third-order valence-electron chi connectivity index (χ3n) is 2.95. The number of carbonyl (C=O) groups excluding carboxylic acids is 1. The van der Waals surface area contributed by atoms with Crippen molar-refractivity contribution >= 4 is 50.0 Å². The molecule has 1 saturated heterocycles. The fraction of sp³-hybridized carbons (Fsp3) is 0.385. The molecule has 1 N–H and O–H groups in total. The Morgan fingerprint density at radius 2 is 2.11 bits per heavy atom. The molecular weight excluding hydrogens is 346 g/mol. The number of phenolic OH excluding ortho intramolecular Hbond substituents is 1. The highest BCUT2D eigenvalue weighted by Gasteiger charge is 2.18. The standard InChI is InChI=1S/C13H14BrNO2S2/c14-9-3-4-11(16)10(7-9)12(17)8-19-13(18)15-5-1-2-6-15/h3-4,7,16H,1-2,5-6,8H2. The highest BCUT2D eigenvalue weighted by atomic mass is 79.9. The number of phenols is 1. The van der Waals surface area contributed by atoms with Crippen molar-refractivity contribution in [3.63, 3.8) is 0 Å². The zero-order valence-corrected chi connectivity index (χ0v) is 13.5. The fourth-order valence-electron chi connectivity index (χ4n) is 1.93. The number of hydrogen-bond acceptors (Lipinski definition) is 4. The van der Waals surface area contributed by atoms with Crippen LogP contribution in [0.2, 0.25) is 0 Å². The summed E-state index contributed by atoms with van der Waals surface area (Å²) < 4.78 is 1.56. The first-order valence-corrected chi connectivity index (χ1v) is 8.20. The zero-order chi connectivity index (χ0) is 13.8. The Labute approximate surface area is 130 Å². The molecule has 0 aliphatic carbocycles. The van der Waals surface area contributed by atoms with Crippen LogP contribution in [0.5, 0.6) is 5.75 Å². The van der Waals surface area contributed by atoms with Crippen molar-refractivity contribution in [2.75, 3.05) is 18.8 Å². The van der Waals surface area contributed by atoms with Crippen LogP contribution >= 0.6 is 39.9 Å². The molecule has 6 heteroatoms. The molecule has 2 rings (SSSR count). The van der Waals surface area contributed by atoms with Crippen LogP contribution in [0.3, 0.4) is 0 Å². The molecule has 1 fully saturated rings. The summed E-state index contributed by atoms with van der Waals surface area (Å²) in [4.78, 5) is 14.2. The third kappa shape index (κ3) is 3.94. The number of ketones is 1. The number of benzene rings is 1. The van der Waals surface area contributed by atoms with Gasteiger partial charge in [0.15, 0.2) is 5.78 Å². The topological polar surface area (TPSA) is 40.5 Å². The van der Waals surface area contributed by atoms with E-state index in [1.54, 1.807) is 12.1 Å². The maximum atomic E-state index is 12.1. The summed E-state index contributed by atoms with van der Waals surface area (Å²) in [6.45, 7) is 1.98. The number of likely N-dealkylation sites (tertiary alicyclic amines) is 1. The predicted molar refractivity (Wildman–Crippen MR) is 86.0 cm³/mol. The van der Waals surface area contributed by atoms with Gasteiger partial charge in [-0.3, -0.25) is 4.79 Å². The van der Waals surface area contributed by atoms with Gasteiger partial charge in [0.1, 0.15) is 10.1 Å². The van der Waals surface area contributed by atoms with Gasteiger partial charge in [-0.15, -0.1) is 0 Å². The predicted octanol–water partition coefficient (Wildman–Crippen LogP) is 3.45. The van der Waals surface area contributed by atoms with Crippen molar-refractivity contribution in [2.45, 2.75) is 12.8 Å². The minimum Gasteiger partial charge on any atom is -0.507 e. The second-order valence-corrected chi connectivity index (χ2v) is 6.86. The fourth-order valence-corrected chi connectivity index (χ4v) is 3.42. The van der Waals surface area contributed by atoms with Gasteiger partial charge in [0.2, 0.25) is 0 Å². The first-order valence-electron chi connectivity index (χ1n) is 6.01. The Bertz CT molecular complexity index is 501. The number of Topliss-reactive ketones (excluding diaryl/α,β-unsaturated/α-hetero) is 1. The van der Waals surface area contributed by atoms with Crippen LogP contribution in [0.15, 0.2) is 22.7 Å². The Morgan fingerprint density at radius 1 is 1.42 bits per heavy atom. The number of thiocarbonyl (C=S) groups is 1. The van der Waals surface area contributed by atoms with E-state index in [0.29, 0.717) is 5.56 Å². The molecule has 0 unspecified atom stereocenters. The molecule has 1 aliphatic rings. The molecule has 0 bridgehead atoms. The molecule has 1 aliphatic heterocycles. The van der Waals surface area contributed by atoms with Gasteiger partial charge >= 0.3 is 0 Å². The Morgan fingerprint density at radius 3 is 2.79 bits per heavy atom. The summed E-state index contributed by atoms with van der Waals surface area (Å²) in [5, 5.41) is 9.69. The van der Waals surface area contributed by atoms with E-state index in [1.165, 1.54) is 30.7 Å². The van der Waals surface area contributed by atoms with Gasteiger partial charge in [-0.05, 0) is 31.0 Å². The Hall–Kier alpha value is -0.590. The lowest BCUT2D eigenvalue weighted by molar-refractivity contribution is 0.102. The lowest BCUT2D eigenvalue weighted by Gasteiger charge is -2.17. The minimum atomic E-state index is -0.106. The second-order valence-electron chi connectivity index (χ2n) is 4.33. The van der Waals surface area contributed by atoms with E-state index in [4.69, 9.17) is 12.2 Å². The second kappa shape index (κ2) is 6.72. The van der Waals surface area contributed by atoms with E-state index in [9.17, 15) is 9.90 Å². The van der Waals surface area contributed by atoms with Crippen LogP contribution in [0, 0.1) is 0 Å². The van der Waals surface area contributed by atoms with Crippen molar-refractivity contribution in [3.05, 3.63) is 28.2 Å². The molecule has 1 heterocycles. The van der Waals surface area contributed by atoms with Crippen LogP contribution in [-0.2, 0) is 0 Å². The molecule has 0 spiro atoms.